The van der Waals surface area contributed by atoms with Crippen molar-refractivity contribution in [2.75, 3.05) is 36.4 Å². The quantitative estimate of drug-likeness (QED) is 0.183. The van der Waals surface area contributed by atoms with E-state index in [-0.39, 0.29) is 22.5 Å². The predicted octanol–water partition coefficient (Wildman–Crippen LogP) is 5.25. The molecule has 0 bridgehead atoms. The first-order valence-electron chi connectivity index (χ1n) is 13.0. The Morgan fingerprint density at radius 1 is 0.927 bits per heavy atom. The topological polar surface area (TPSA) is 121 Å². The molecule has 0 spiro atoms. The molecule has 1 fully saturated rings. The number of hydrogen-bond acceptors (Lipinski definition) is 7. The van der Waals surface area contributed by atoms with Gasteiger partial charge in [0.1, 0.15) is 5.76 Å². The van der Waals surface area contributed by atoms with E-state index in [4.69, 9.17) is 16.6 Å². The van der Waals surface area contributed by atoms with Gasteiger partial charge in [-0.3, -0.25) is 25.0 Å². The van der Waals surface area contributed by atoms with Crippen molar-refractivity contribution in [1.82, 2.24) is 10.2 Å². The minimum Gasteiger partial charge on any atom is -0.451 e. The number of nitro benzene ring substituents is 1. The van der Waals surface area contributed by atoms with E-state index < -0.39 is 10.8 Å². The molecule has 0 aliphatic carbocycles. The average molecular weight is 570 g/mol. The molecule has 2 heterocycles. The number of hydrogen-bond donors (Lipinski definition) is 2. The van der Waals surface area contributed by atoms with Gasteiger partial charge in [-0.1, -0.05) is 30.3 Å². The molecule has 11 heteroatoms. The lowest BCUT2D eigenvalue weighted by molar-refractivity contribution is -0.384. The molecule has 0 radical (unpaired) electrons. The average Bonchev–Trinajstić information content (AvgIpc) is 3.48. The van der Waals surface area contributed by atoms with E-state index >= 15 is 0 Å². The van der Waals surface area contributed by atoms with Crippen LogP contribution in [0.3, 0.4) is 0 Å². The van der Waals surface area contributed by atoms with Crippen LogP contribution in [0.1, 0.15) is 26.5 Å². The molecule has 3 aromatic carbocycles. The molecule has 2 amide bonds. The number of nitrogens with one attached hydrogen (secondary N) is 2. The Morgan fingerprint density at radius 2 is 1.66 bits per heavy atom. The molecular weight excluding hydrogens is 542 g/mol. The fourth-order valence-corrected chi connectivity index (χ4v) is 4.83. The summed E-state index contributed by atoms with van der Waals surface area (Å²) in [5.41, 5.74) is 3.86. The number of piperazine rings is 1. The van der Waals surface area contributed by atoms with Crippen molar-refractivity contribution in [3.63, 3.8) is 0 Å². The van der Waals surface area contributed by atoms with E-state index in [1.54, 1.807) is 18.2 Å². The maximum absolute atomic E-state index is 12.9. The lowest BCUT2D eigenvalue weighted by atomic mass is 10.1. The Morgan fingerprint density at radius 3 is 2.37 bits per heavy atom. The molecule has 41 heavy (non-hydrogen) atoms. The van der Waals surface area contributed by atoms with Gasteiger partial charge in [-0.05, 0) is 67.2 Å². The third kappa shape index (κ3) is 6.42. The van der Waals surface area contributed by atoms with Crippen LogP contribution in [0.15, 0.2) is 89.3 Å². The molecule has 0 unspecified atom stereocenters. The zero-order valence-corrected chi connectivity index (χ0v) is 23.0. The first-order chi connectivity index (χ1) is 19.8. The summed E-state index contributed by atoms with van der Waals surface area (Å²) in [6.07, 6.45) is 0. The smallest absolute Gasteiger partial charge is 0.293 e. The van der Waals surface area contributed by atoms with Gasteiger partial charge in [-0.2, -0.15) is 0 Å². The number of non-ortho nitro benzene ring substituents is 1. The molecular formula is C30H27N5O5S. The number of carbonyl (C=O) groups excluding carboxylic acids is 2. The summed E-state index contributed by atoms with van der Waals surface area (Å²) < 4.78 is 5.60. The Bertz CT molecular complexity index is 1610. The highest BCUT2D eigenvalue weighted by atomic mass is 32.1. The molecule has 1 saturated heterocycles. The fourth-order valence-electron chi connectivity index (χ4n) is 4.62. The highest BCUT2D eigenvalue weighted by Crippen LogP contribution is 2.26. The molecule has 0 atom stereocenters. The van der Waals surface area contributed by atoms with Crippen LogP contribution in [-0.4, -0.2) is 52.9 Å². The first kappa shape index (κ1) is 27.5. The van der Waals surface area contributed by atoms with Gasteiger partial charge in [0.15, 0.2) is 10.9 Å². The zero-order valence-electron chi connectivity index (χ0n) is 22.2. The molecule has 2 N–H and O–H groups in total. The van der Waals surface area contributed by atoms with Crippen LogP contribution in [0.2, 0.25) is 0 Å². The van der Waals surface area contributed by atoms with Gasteiger partial charge in [-0.25, -0.2) is 0 Å². The summed E-state index contributed by atoms with van der Waals surface area (Å²) in [5, 5.41) is 16.7. The molecule has 1 aliphatic rings. The highest BCUT2D eigenvalue weighted by Gasteiger charge is 2.23. The second-order valence-corrected chi connectivity index (χ2v) is 9.93. The summed E-state index contributed by atoms with van der Waals surface area (Å²) in [6.45, 7) is 4.67. The van der Waals surface area contributed by atoms with E-state index in [1.807, 2.05) is 60.4 Å². The predicted molar refractivity (Wildman–Crippen MR) is 160 cm³/mol. The van der Waals surface area contributed by atoms with Crippen LogP contribution in [0.5, 0.6) is 0 Å². The van der Waals surface area contributed by atoms with E-state index in [0.717, 1.165) is 29.9 Å². The summed E-state index contributed by atoms with van der Waals surface area (Å²) >= 11 is 5.30. The molecule has 10 nitrogen and oxygen atoms in total. The van der Waals surface area contributed by atoms with Crippen molar-refractivity contribution in [1.29, 1.82) is 0 Å². The first-order valence-corrected chi connectivity index (χ1v) is 13.4. The van der Waals surface area contributed by atoms with Crippen LogP contribution in [0, 0.1) is 17.0 Å². The van der Waals surface area contributed by atoms with Gasteiger partial charge >= 0.3 is 0 Å². The number of nitrogens with zero attached hydrogens (tertiary/aromatic N) is 3. The maximum atomic E-state index is 12.9. The number of carbonyl (C=O) groups is 2. The van der Waals surface area contributed by atoms with Crippen molar-refractivity contribution in [2.24, 2.45) is 0 Å². The highest BCUT2D eigenvalue weighted by molar-refractivity contribution is 7.80. The van der Waals surface area contributed by atoms with Gasteiger partial charge in [0, 0.05) is 60.8 Å². The lowest BCUT2D eigenvalue weighted by Gasteiger charge is -2.36. The number of aryl methyl sites for hydroxylation is 1. The van der Waals surface area contributed by atoms with Crippen molar-refractivity contribution >= 4 is 46.2 Å². The van der Waals surface area contributed by atoms with Gasteiger partial charge < -0.3 is 19.5 Å². The Kier molecular flexibility index (Phi) is 8.06. The number of anilines is 2. The number of amides is 2. The van der Waals surface area contributed by atoms with E-state index in [1.165, 1.54) is 18.2 Å². The van der Waals surface area contributed by atoms with E-state index in [2.05, 4.69) is 15.5 Å². The normalized spacial score (nSPS) is 13.0. The van der Waals surface area contributed by atoms with Gasteiger partial charge in [0.2, 0.25) is 0 Å². The van der Waals surface area contributed by atoms with E-state index in [0.29, 0.717) is 30.1 Å². The molecule has 0 saturated carbocycles. The van der Waals surface area contributed by atoms with Gasteiger partial charge in [0.25, 0.3) is 17.5 Å². The fraction of sp³-hybridized carbons (Fsp3) is 0.167. The van der Waals surface area contributed by atoms with Gasteiger partial charge in [-0.15, -0.1) is 0 Å². The summed E-state index contributed by atoms with van der Waals surface area (Å²) in [7, 11) is 0. The third-order valence-electron chi connectivity index (χ3n) is 6.83. The molecule has 5 rings (SSSR count). The Balaban J connectivity index is 1.12. The number of rotatable bonds is 6. The standard InChI is InChI=1S/C30H27N5O5S/c1-20-5-2-3-8-25(20)29(37)34-17-15-33(16-18-34)23-11-9-22(10-12-23)31-30(41)32-28(36)27-14-13-26(40-27)21-6-4-7-24(19-21)35(38)39/h2-14,19H,15-18H2,1H3,(H2,31,32,36,41). The van der Waals surface area contributed by atoms with Crippen molar-refractivity contribution < 1.29 is 18.9 Å². The zero-order chi connectivity index (χ0) is 28.9. The van der Waals surface area contributed by atoms with Crippen LogP contribution in [-0.2, 0) is 0 Å². The van der Waals surface area contributed by atoms with Gasteiger partial charge in [0.05, 0.1) is 4.92 Å². The van der Waals surface area contributed by atoms with Crippen LogP contribution in [0.25, 0.3) is 11.3 Å². The third-order valence-corrected chi connectivity index (χ3v) is 7.04. The lowest BCUT2D eigenvalue weighted by Crippen LogP contribution is -2.48. The summed E-state index contributed by atoms with van der Waals surface area (Å²) in [5.74, 6) is -0.138. The Labute approximate surface area is 241 Å². The molecule has 208 valence electrons. The second-order valence-electron chi connectivity index (χ2n) is 9.52. The van der Waals surface area contributed by atoms with Crippen molar-refractivity contribution in [2.45, 2.75) is 6.92 Å². The van der Waals surface area contributed by atoms with Crippen LogP contribution >= 0.6 is 12.2 Å². The summed E-state index contributed by atoms with van der Waals surface area (Å²) in [6, 6.07) is 24.3. The minimum atomic E-state index is -0.547. The second kappa shape index (κ2) is 12.0. The van der Waals surface area contributed by atoms with Crippen molar-refractivity contribution in [3.05, 3.63) is 112 Å². The molecule has 1 aromatic heterocycles. The number of nitro groups is 1. The molecule has 4 aromatic rings. The maximum Gasteiger partial charge on any atom is 0.293 e. The van der Waals surface area contributed by atoms with E-state index in [9.17, 15) is 19.7 Å². The minimum absolute atomic E-state index is 0.0195. The monoisotopic (exact) mass is 569 g/mol. The largest absolute Gasteiger partial charge is 0.451 e. The number of thiocarbonyl (C=S) groups is 1. The number of furan rings is 1. The molecule has 1 aliphatic heterocycles. The summed E-state index contributed by atoms with van der Waals surface area (Å²) in [4.78, 5) is 40.2. The van der Waals surface area contributed by atoms with Crippen LogP contribution in [0.4, 0.5) is 17.1 Å². The van der Waals surface area contributed by atoms with Crippen molar-refractivity contribution in [3.8, 4) is 11.3 Å². The van der Waals surface area contributed by atoms with Crippen LogP contribution < -0.4 is 15.5 Å². The SMILES string of the molecule is Cc1ccccc1C(=O)N1CCN(c2ccc(NC(=S)NC(=O)c3ccc(-c4cccc([N+](=O)[O-])c4)o3)cc2)CC1. The number of benzene rings is 3. The Hall–Kier alpha value is -5.03.